The Morgan fingerprint density at radius 3 is 2.46 bits per heavy atom. The van der Waals surface area contributed by atoms with Crippen LogP contribution < -0.4 is 0 Å². The molecule has 0 N–H and O–H groups in total. The van der Waals surface area contributed by atoms with E-state index in [0.717, 1.165) is 12.1 Å². The van der Waals surface area contributed by atoms with Gasteiger partial charge in [0.1, 0.15) is 5.60 Å². The van der Waals surface area contributed by atoms with E-state index in [2.05, 4.69) is 9.38 Å². The number of aromatic nitrogens is 1. The summed E-state index contributed by atoms with van der Waals surface area (Å²) in [5.41, 5.74) is 0.687. The highest BCUT2D eigenvalue weighted by Gasteiger charge is 2.60. The minimum absolute atomic E-state index is 0.0178. The summed E-state index contributed by atoms with van der Waals surface area (Å²) >= 11 is 11.9. The van der Waals surface area contributed by atoms with Crippen LogP contribution in [0.3, 0.4) is 0 Å². The zero-order valence-electron chi connectivity index (χ0n) is 18.0. The average molecular weight is 570 g/mol. The maximum atomic E-state index is 14.3. The van der Waals surface area contributed by atoms with Gasteiger partial charge in [-0.15, -0.1) is 0 Å². The first-order chi connectivity index (χ1) is 16.3. The van der Waals surface area contributed by atoms with Crippen molar-refractivity contribution in [3.05, 3.63) is 62.6 Å². The summed E-state index contributed by atoms with van der Waals surface area (Å²) in [6, 6.07) is 3.46. The predicted octanol–water partition coefficient (Wildman–Crippen LogP) is 5.22. The number of benzene rings is 1. The predicted molar refractivity (Wildman–Crippen MR) is 125 cm³/mol. The summed E-state index contributed by atoms with van der Waals surface area (Å²) < 4.78 is 89.8. The molecule has 5 rings (SSSR count). The van der Waals surface area contributed by atoms with Gasteiger partial charge in [-0.25, -0.2) is 17.2 Å². The van der Waals surface area contributed by atoms with Crippen molar-refractivity contribution < 1.29 is 30.7 Å². The van der Waals surface area contributed by atoms with E-state index >= 15 is 0 Å². The Balaban J connectivity index is 1.43. The minimum Gasteiger partial charge on any atom is -0.363 e. The van der Waals surface area contributed by atoms with Crippen molar-refractivity contribution >= 4 is 50.9 Å². The van der Waals surface area contributed by atoms with Gasteiger partial charge in [0.25, 0.3) is 0 Å². The molecular formula is C21H17Cl2F4N3O3S2. The zero-order chi connectivity index (χ0) is 25.4. The molecule has 3 aliphatic rings. The standard InChI is InChI=1S/C21H17Cl2F4N3O3S2/c1-2-35(31,32)30-9-19(10-30)13-7-28-16(3-11(13)8-33-19)17-6-20(34-29-17,21(25,26)27)12-4-14(22)18(24)15(23)5-12/h3-5,7H,2,6,8-10H2,1H3. The Labute approximate surface area is 212 Å². The minimum atomic E-state index is -4.75. The lowest BCUT2D eigenvalue weighted by Gasteiger charge is -2.46. The summed E-state index contributed by atoms with van der Waals surface area (Å²) in [5.74, 6) is -1.01. The molecule has 3 aliphatic heterocycles. The highest BCUT2D eigenvalue weighted by atomic mass is 35.5. The van der Waals surface area contributed by atoms with E-state index < -0.39 is 48.8 Å². The number of sulfonamides is 1. The van der Waals surface area contributed by atoms with Gasteiger partial charge in [-0.2, -0.15) is 17.5 Å². The number of fused-ring (bicyclic) bond motifs is 2. The number of halogens is 6. The summed E-state index contributed by atoms with van der Waals surface area (Å²) in [4.78, 5) is 4.34. The highest BCUT2D eigenvalue weighted by Crippen LogP contribution is 2.57. The normalized spacial score (nSPS) is 23.9. The fourth-order valence-electron chi connectivity index (χ4n) is 4.47. The second kappa shape index (κ2) is 8.29. The van der Waals surface area contributed by atoms with Crippen LogP contribution in [0, 0.1) is 5.82 Å². The van der Waals surface area contributed by atoms with E-state index in [-0.39, 0.29) is 42.4 Å². The lowest BCUT2D eigenvalue weighted by atomic mass is 9.87. The van der Waals surface area contributed by atoms with E-state index in [4.69, 9.17) is 27.9 Å². The number of hydrogen-bond donors (Lipinski definition) is 0. The monoisotopic (exact) mass is 569 g/mol. The van der Waals surface area contributed by atoms with Crippen molar-refractivity contribution in [1.82, 2.24) is 9.29 Å². The third kappa shape index (κ3) is 3.88. The van der Waals surface area contributed by atoms with Gasteiger partial charge >= 0.3 is 6.18 Å². The van der Waals surface area contributed by atoms with Crippen molar-refractivity contribution in [2.75, 3.05) is 18.8 Å². The SMILES string of the molecule is CCS(=O)(=O)N1CC2(C1)OCc1cc(C3=NSC(c4cc(Cl)c(F)c(Cl)c4)(C(F)(F)F)C3)ncc12. The molecule has 35 heavy (non-hydrogen) atoms. The number of pyridine rings is 1. The molecule has 188 valence electrons. The van der Waals surface area contributed by atoms with Crippen LogP contribution in [0.15, 0.2) is 28.8 Å². The molecule has 0 aliphatic carbocycles. The van der Waals surface area contributed by atoms with Crippen LogP contribution >= 0.6 is 35.1 Å². The van der Waals surface area contributed by atoms with Crippen LogP contribution in [0.2, 0.25) is 10.0 Å². The lowest BCUT2D eigenvalue weighted by molar-refractivity contribution is -0.159. The van der Waals surface area contributed by atoms with Gasteiger partial charge < -0.3 is 4.74 Å². The molecule has 0 bridgehead atoms. The Bertz CT molecular complexity index is 1340. The summed E-state index contributed by atoms with van der Waals surface area (Å²) in [7, 11) is -3.35. The third-order valence-corrected chi connectivity index (χ3v) is 10.1. The van der Waals surface area contributed by atoms with Crippen LogP contribution in [-0.2, 0) is 31.7 Å². The summed E-state index contributed by atoms with van der Waals surface area (Å²) in [5, 5.41) is -1.02. The molecule has 1 aromatic carbocycles. The first-order valence-corrected chi connectivity index (χ1v) is 13.5. The van der Waals surface area contributed by atoms with Crippen molar-refractivity contribution in [3.8, 4) is 0 Å². The van der Waals surface area contributed by atoms with Gasteiger partial charge in [0.05, 0.1) is 33.8 Å². The van der Waals surface area contributed by atoms with Gasteiger partial charge in [-0.1, -0.05) is 23.2 Å². The number of ether oxygens (including phenoxy) is 1. The van der Waals surface area contributed by atoms with Crippen LogP contribution in [0.1, 0.15) is 35.7 Å². The van der Waals surface area contributed by atoms with Gasteiger partial charge in [-0.05, 0) is 48.2 Å². The van der Waals surface area contributed by atoms with Gasteiger partial charge in [0.15, 0.2) is 10.6 Å². The lowest BCUT2D eigenvalue weighted by Crippen LogP contribution is -2.61. The fraction of sp³-hybridized carbons (Fsp3) is 0.429. The van der Waals surface area contributed by atoms with Crippen LogP contribution in [-0.4, -0.2) is 48.4 Å². The number of alkyl halides is 3. The number of rotatable bonds is 4. The largest absolute Gasteiger partial charge is 0.409 e. The molecular weight excluding hydrogens is 553 g/mol. The molecule has 4 heterocycles. The number of nitrogens with zero attached hydrogens (tertiary/aromatic N) is 3. The molecule has 1 atom stereocenters. The zero-order valence-corrected chi connectivity index (χ0v) is 21.1. The molecule has 1 unspecified atom stereocenters. The Kier molecular flexibility index (Phi) is 5.97. The van der Waals surface area contributed by atoms with Gasteiger partial charge in [0, 0.05) is 31.3 Å². The average Bonchev–Trinajstić information content (AvgIpc) is 3.39. The quantitative estimate of drug-likeness (QED) is 0.287. The highest BCUT2D eigenvalue weighted by molar-refractivity contribution is 7.99. The van der Waals surface area contributed by atoms with E-state index in [1.807, 2.05) is 0 Å². The molecule has 0 amide bonds. The molecule has 1 fully saturated rings. The van der Waals surface area contributed by atoms with Crippen molar-refractivity contribution in [2.24, 2.45) is 4.40 Å². The maximum Gasteiger partial charge on any atom is 0.409 e. The topological polar surface area (TPSA) is 71.9 Å². The van der Waals surface area contributed by atoms with E-state index in [0.29, 0.717) is 23.1 Å². The second-order valence-electron chi connectivity index (χ2n) is 8.56. The first-order valence-electron chi connectivity index (χ1n) is 10.4. The summed E-state index contributed by atoms with van der Waals surface area (Å²) in [6.45, 7) is 2.07. The first kappa shape index (κ1) is 25.2. The van der Waals surface area contributed by atoms with Crippen LogP contribution in [0.4, 0.5) is 17.6 Å². The molecule has 1 aromatic heterocycles. The van der Waals surface area contributed by atoms with Crippen molar-refractivity contribution in [2.45, 2.75) is 36.5 Å². The van der Waals surface area contributed by atoms with Crippen molar-refractivity contribution in [1.29, 1.82) is 0 Å². The van der Waals surface area contributed by atoms with E-state index in [1.165, 1.54) is 10.5 Å². The van der Waals surface area contributed by atoms with E-state index in [1.54, 1.807) is 13.0 Å². The third-order valence-electron chi connectivity index (χ3n) is 6.54. The van der Waals surface area contributed by atoms with Gasteiger partial charge in [-0.3, -0.25) is 4.98 Å². The maximum absolute atomic E-state index is 14.3. The molecule has 0 saturated carbocycles. The smallest absolute Gasteiger partial charge is 0.363 e. The Morgan fingerprint density at radius 1 is 1.20 bits per heavy atom. The van der Waals surface area contributed by atoms with Crippen molar-refractivity contribution in [3.63, 3.8) is 0 Å². The summed E-state index contributed by atoms with van der Waals surface area (Å²) in [6.07, 6.45) is -3.79. The molecule has 2 aromatic rings. The van der Waals surface area contributed by atoms with Crippen LogP contribution in [0.25, 0.3) is 0 Å². The fourth-order valence-corrected chi connectivity index (χ4v) is 7.09. The molecule has 1 saturated heterocycles. The molecule has 1 spiro atoms. The second-order valence-corrected chi connectivity index (χ2v) is 12.7. The Hall–Kier alpha value is -1.44. The molecule has 0 radical (unpaired) electrons. The van der Waals surface area contributed by atoms with Gasteiger partial charge in [0.2, 0.25) is 10.0 Å². The van der Waals surface area contributed by atoms with Crippen LogP contribution in [0.5, 0.6) is 0 Å². The Morgan fingerprint density at radius 2 is 1.86 bits per heavy atom. The van der Waals surface area contributed by atoms with E-state index in [9.17, 15) is 26.0 Å². The molecule has 14 heteroatoms. The number of hydrogen-bond acceptors (Lipinski definition) is 6. The molecule has 6 nitrogen and oxygen atoms in total.